The number of nitro groups is 1. The predicted octanol–water partition coefficient (Wildman–Crippen LogP) is 2.61. The Morgan fingerprint density at radius 1 is 1.38 bits per heavy atom. The minimum absolute atomic E-state index is 0.103. The third-order valence-electron chi connectivity index (χ3n) is 4.11. The number of nitrogens with zero attached hydrogens (tertiary/aromatic N) is 2. The van der Waals surface area contributed by atoms with Crippen LogP contribution in [0.4, 0.5) is 5.69 Å². The molecule has 2 unspecified atom stereocenters. The predicted molar refractivity (Wildman–Crippen MR) is 77.8 cm³/mol. The van der Waals surface area contributed by atoms with Gasteiger partial charge in [0.15, 0.2) is 5.75 Å². The summed E-state index contributed by atoms with van der Waals surface area (Å²) in [5, 5.41) is 19.9. The molecule has 0 bridgehead atoms. The van der Waals surface area contributed by atoms with Crippen LogP contribution in [0.15, 0.2) is 18.2 Å². The summed E-state index contributed by atoms with van der Waals surface area (Å²) in [5.74, 6) is 0.909. The summed E-state index contributed by atoms with van der Waals surface area (Å²) in [6.45, 7) is 1.03. The minimum Gasteiger partial charge on any atom is -0.486 e. The fourth-order valence-corrected chi connectivity index (χ4v) is 2.86. The van der Waals surface area contributed by atoms with Crippen molar-refractivity contribution in [2.24, 2.45) is 17.6 Å². The number of hydrogen-bond donors (Lipinski definition) is 1. The molecule has 1 aliphatic rings. The number of nitriles is 1. The molecule has 0 radical (unpaired) electrons. The minimum atomic E-state index is -0.488. The van der Waals surface area contributed by atoms with Crippen molar-refractivity contribution in [3.05, 3.63) is 33.9 Å². The fourth-order valence-electron chi connectivity index (χ4n) is 2.86. The molecule has 112 valence electrons. The molecule has 21 heavy (non-hydrogen) atoms. The van der Waals surface area contributed by atoms with Crippen molar-refractivity contribution < 1.29 is 9.66 Å². The normalized spacial score (nSPS) is 21.5. The lowest BCUT2D eigenvalue weighted by Crippen LogP contribution is -2.30. The van der Waals surface area contributed by atoms with Crippen LogP contribution >= 0.6 is 0 Å². The van der Waals surface area contributed by atoms with Crippen LogP contribution in [0, 0.1) is 33.3 Å². The Morgan fingerprint density at radius 3 is 2.71 bits per heavy atom. The smallest absolute Gasteiger partial charge is 0.311 e. The van der Waals surface area contributed by atoms with E-state index in [-0.39, 0.29) is 11.4 Å². The summed E-state index contributed by atoms with van der Waals surface area (Å²) in [5.41, 5.74) is 6.03. The Morgan fingerprint density at radius 2 is 2.10 bits per heavy atom. The average molecular weight is 289 g/mol. The van der Waals surface area contributed by atoms with E-state index in [1.54, 1.807) is 0 Å². The summed E-state index contributed by atoms with van der Waals surface area (Å²) < 4.78 is 5.66. The van der Waals surface area contributed by atoms with Crippen LogP contribution < -0.4 is 10.5 Å². The average Bonchev–Trinajstić information content (AvgIpc) is 2.52. The fraction of sp³-hybridized carbons (Fsp3) is 0.533. The first-order chi connectivity index (χ1) is 10.2. The van der Waals surface area contributed by atoms with Gasteiger partial charge in [-0.1, -0.05) is 12.8 Å². The zero-order chi connectivity index (χ0) is 15.2. The molecule has 1 aromatic carbocycles. The lowest BCUT2D eigenvalue weighted by molar-refractivity contribution is -0.385. The molecule has 6 nitrogen and oxygen atoms in total. The summed E-state index contributed by atoms with van der Waals surface area (Å²) in [7, 11) is 0. The molecule has 1 fully saturated rings. The van der Waals surface area contributed by atoms with Gasteiger partial charge in [-0.25, -0.2) is 0 Å². The monoisotopic (exact) mass is 289 g/mol. The van der Waals surface area contributed by atoms with E-state index < -0.39 is 4.92 Å². The van der Waals surface area contributed by atoms with Gasteiger partial charge in [-0.05, 0) is 37.3 Å². The van der Waals surface area contributed by atoms with E-state index in [1.807, 2.05) is 6.07 Å². The highest BCUT2D eigenvalue weighted by Crippen LogP contribution is 2.32. The van der Waals surface area contributed by atoms with Gasteiger partial charge in [0.1, 0.15) is 0 Å². The van der Waals surface area contributed by atoms with Crippen LogP contribution in [0.1, 0.15) is 31.2 Å². The van der Waals surface area contributed by atoms with Gasteiger partial charge in [-0.2, -0.15) is 5.26 Å². The largest absolute Gasteiger partial charge is 0.486 e. The first-order valence-corrected chi connectivity index (χ1v) is 7.17. The van der Waals surface area contributed by atoms with Crippen molar-refractivity contribution in [3.63, 3.8) is 0 Å². The van der Waals surface area contributed by atoms with Crippen LogP contribution in [-0.2, 0) is 0 Å². The standard InChI is InChI=1S/C15H19N3O3/c16-8-11-5-6-14(18(19)20)15(7-11)21-10-13-4-2-1-3-12(13)9-17/h5-7,12-13H,1-4,9-10,17H2. The van der Waals surface area contributed by atoms with E-state index in [9.17, 15) is 10.1 Å². The Bertz CT molecular complexity index is 554. The molecule has 2 N–H and O–H groups in total. The highest BCUT2D eigenvalue weighted by Gasteiger charge is 2.25. The van der Waals surface area contributed by atoms with E-state index in [1.165, 1.54) is 24.6 Å². The molecule has 0 heterocycles. The van der Waals surface area contributed by atoms with E-state index >= 15 is 0 Å². The molecule has 0 aromatic heterocycles. The molecule has 0 amide bonds. The Labute approximate surface area is 123 Å². The second kappa shape index (κ2) is 7.04. The highest BCUT2D eigenvalue weighted by molar-refractivity contribution is 5.51. The van der Waals surface area contributed by atoms with Crippen LogP contribution in [0.3, 0.4) is 0 Å². The van der Waals surface area contributed by atoms with E-state index in [4.69, 9.17) is 15.7 Å². The number of hydrogen-bond acceptors (Lipinski definition) is 5. The van der Waals surface area contributed by atoms with Gasteiger partial charge in [-0.3, -0.25) is 10.1 Å². The Kier molecular flexibility index (Phi) is 5.12. The number of rotatable bonds is 5. The van der Waals surface area contributed by atoms with E-state index in [0.29, 0.717) is 30.6 Å². The van der Waals surface area contributed by atoms with Crippen molar-refractivity contribution in [3.8, 4) is 11.8 Å². The van der Waals surface area contributed by atoms with Gasteiger partial charge in [0.25, 0.3) is 0 Å². The van der Waals surface area contributed by atoms with Crippen molar-refractivity contribution in [2.75, 3.05) is 13.2 Å². The topological polar surface area (TPSA) is 102 Å². The summed E-state index contributed by atoms with van der Waals surface area (Å²) in [4.78, 5) is 10.5. The molecule has 0 saturated heterocycles. The zero-order valence-corrected chi connectivity index (χ0v) is 11.8. The molecule has 1 saturated carbocycles. The van der Waals surface area contributed by atoms with E-state index in [0.717, 1.165) is 19.3 Å². The lowest BCUT2D eigenvalue weighted by atomic mass is 9.80. The third kappa shape index (κ3) is 3.70. The molecule has 2 rings (SSSR count). The lowest BCUT2D eigenvalue weighted by Gasteiger charge is -2.30. The molecule has 1 aliphatic carbocycles. The maximum absolute atomic E-state index is 11.0. The first kappa shape index (κ1) is 15.3. The van der Waals surface area contributed by atoms with Crippen molar-refractivity contribution in [2.45, 2.75) is 25.7 Å². The molecule has 2 atom stereocenters. The van der Waals surface area contributed by atoms with Gasteiger partial charge in [0.05, 0.1) is 23.2 Å². The van der Waals surface area contributed by atoms with Crippen molar-refractivity contribution in [1.29, 1.82) is 5.26 Å². The second-order valence-electron chi connectivity index (χ2n) is 5.40. The molecule has 0 spiro atoms. The number of benzene rings is 1. The summed E-state index contributed by atoms with van der Waals surface area (Å²) in [6.07, 6.45) is 4.45. The quantitative estimate of drug-likeness (QED) is 0.663. The summed E-state index contributed by atoms with van der Waals surface area (Å²) in [6, 6.07) is 6.14. The van der Waals surface area contributed by atoms with Gasteiger partial charge >= 0.3 is 5.69 Å². The molecule has 0 aliphatic heterocycles. The molecular weight excluding hydrogens is 270 g/mol. The van der Waals surface area contributed by atoms with Crippen molar-refractivity contribution >= 4 is 5.69 Å². The second-order valence-corrected chi connectivity index (χ2v) is 5.40. The van der Waals surface area contributed by atoms with Gasteiger partial charge in [0, 0.05) is 12.1 Å². The van der Waals surface area contributed by atoms with Crippen LogP contribution in [0.2, 0.25) is 0 Å². The Balaban J connectivity index is 2.11. The maximum Gasteiger partial charge on any atom is 0.311 e. The molecule has 1 aromatic rings. The molecule has 6 heteroatoms. The van der Waals surface area contributed by atoms with Gasteiger partial charge in [-0.15, -0.1) is 0 Å². The highest BCUT2D eigenvalue weighted by atomic mass is 16.6. The maximum atomic E-state index is 11.0. The number of nitrogens with two attached hydrogens (primary N) is 1. The number of ether oxygens (including phenoxy) is 1. The first-order valence-electron chi connectivity index (χ1n) is 7.17. The van der Waals surface area contributed by atoms with Crippen LogP contribution in [0.25, 0.3) is 0 Å². The Hall–Kier alpha value is -2.13. The third-order valence-corrected chi connectivity index (χ3v) is 4.11. The van der Waals surface area contributed by atoms with Gasteiger partial charge in [0.2, 0.25) is 0 Å². The summed E-state index contributed by atoms with van der Waals surface area (Å²) >= 11 is 0. The van der Waals surface area contributed by atoms with E-state index in [2.05, 4.69) is 0 Å². The molecular formula is C15H19N3O3. The van der Waals surface area contributed by atoms with Crippen LogP contribution in [-0.4, -0.2) is 18.1 Å². The number of nitro benzene ring substituents is 1. The van der Waals surface area contributed by atoms with Gasteiger partial charge < -0.3 is 10.5 Å². The zero-order valence-electron chi connectivity index (χ0n) is 11.8. The van der Waals surface area contributed by atoms with Crippen LogP contribution in [0.5, 0.6) is 5.75 Å². The SMILES string of the molecule is N#Cc1ccc([N+](=O)[O-])c(OCC2CCCCC2CN)c1. The van der Waals surface area contributed by atoms with Crippen molar-refractivity contribution in [1.82, 2.24) is 0 Å².